The SMILES string of the molecule is Cc1cc(C(C)C)ccc1OC(C)(F)F.F. The summed E-state index contributed by atoms with van der Waals surface area (Å²) in [5, 5.41) is 0. The summed E-state index contributed by atoms with van der Waals surface area (Å²) >= 11 is 0. The number of aryl methyl sites for hydroxylation is 1. The van der Waals surface area contributed by atoms with Gasteiger partial charge in [0.2, 0.25) is 0 Å². The van der Waals surface area contributed by atoms with E-state index < -0.39 is 6.11 Å². The molecule has 0 unspecified atom stereocenters. The Kier molecular flexibility index (Phi) is 4.84. The Hall–Kier alpha value is -1.19. The first kappa shape index (κ1) is 14.8. The van der Waals surface area contributed by atoms with E-state index in [9.17, 15) is 8.78 Å². The quantitative estimate of drug-likeness (QED) is 0.759. The fourth-order valence-electron chi connectivity index (χ4n) is 1.34. The Morgan fingerprint density at radius 3 is 2.19 bits per heavy atom. The minimum Gasteiger partial charge on any atom is -0.433 e. The van der Waals surface area contributed by atoms with Crippen LogP contribution in [0.1, 0.15) is 37.8 Å². The van der Waals surface area contributed by atoms with Crippen molar-refractivity contribution in [2.45, 2.75) is 39.7 Å². The molecule has 1 aromatic carbocycles. The summed E-state index contributed by atoms with van der Waals surface area (Å²) in [6.07, 6.45) is -3.12. The molecule has 92 valence electrons. The van der Waals surface area contributed by atoms with Crippen LogP contribution in [0.5, 0.6) is 5.75 Å². The van der Waals surface area contributed by atoms with Gasteiger partial charge in [0, 0.05) is 6.92 Å². The van der Waals surface area contributed by atoms with E-state index in [1.807, 2.05) is 12.1 Å². The first-order valence-corrected chi connectivity index (χ1v) is 4.97. The number of hydrogen-bond donors (Lipinski definition) is 0. The summed E-state index contributed by atoms with van der Waals surface area (Å²) in [7, 11) is 0. The van der Waals surface area contributed by atoms with Crippen molar-refractivity contribution in [3.05, 3.63) is 29.3 Å². The lowest BCUT2D eigenvalue weighted by Crippen LogP contribution is -2.19. The molecule has 1 aromatic rings. The summed E-state index contributed by atoms with van der Waals surface area (Å²) in [5.41, 5.74) is 1.86. The first-order chi connectivity index (χ1) is 6.79. The van der Waals surface area contributed by atoms with Gasteiger partial charge in [-0.25, -0.2) is 0 Å². The van der Waals surface area contributed by atoms with Crippen molar-refractivity contribution in [2.75, 3.05) is 0 Å². The maximum Gasteiger partial charge on any atom is 0.394 e. The fourth-order valence-corrected chi connectivity index (χ4v) is 1.34. The summed E-state index contributed by atoms with van der Waals surface area (Å²) in [6.45, 7) is 6.63. The number of rotatable bonds is 3. The third-order valence-electron chi connectivity index (χ3n) is 2.15. The van der Waals surface area contributed by atoms with Crippen LogP contribution in [0.3, 0.4) is 0 Å². The van der Waals surface area contributed by atoms with Gasteiger partial charge in [-0.05, 0) is 30.0 Å². The van der Waals surface area contributed by atoms with Crippen molar-refractivity contribution in [3.8, 4) is 5.75 Å². The van der Waals surface area contributed by atoms with E-state index in [0.29, 0.717) is 5.92 Å². The molecule has 0 aromatic heterocycles. The van der Waals surface area contributed by atoms with Gasteiger partial charge >= 0.3 is 6.11 Å². The Balaban J connectivity index is 0.00000225. The van der Waals surface area contributed by atoms with Crippen LogP contribution < -0.4 is 4.74 Å². The van der Waals surface area contributed by atoms with Gasteiger partial charge in [0.25, 0.3) is 0 Å². The first-order valence-electron chi connectivity index (χ1n) is 4.97. The molecule has 0 amide bonds. The molecule has 1 rings (SSSR count). The van der Waals surface area contributed by atoms with E-state index in [4.69, 9.17) is 0 Å². The maximum atomic E-state index is 12.6. The minimum atomic E-state index is -3.12. The highest BCUT2D eigenvalue weighted by molar-refractivity contribution is 5.37. The van der Waals surface area contributed by atoms with Gasteiger partial charge in [0.1, 0.15) is 5.75 Å². The molecule has 0 bridgehead atoms. The van der Waals surface area contributed by atoms with Gasteiger partial charge in [-0.15, -0.1) is 0 Å². The Morgan fingerprint density at radius 1 is 1.25 bits per heavy atom. The molecule has 0 heterocycles. The second kappa shape index (κ2) is 5.23. The van der Waals surface area contributed by atoms with Crippen molar-refractivity contribution in [1.82, 2.24) is 0 Å². The van der Waals surface area contributed by atoms with Crippen molar-refractivity contribution in [3.63, 3.8) is 0 Å². The monoisotopic (exact) mass is 234 g/mol. The normalized spacial score (nSPS) is 11.2. The molecular formula is C12H17F3O. The molecule has 0 fully saturated rings. The van der Waals surface area contributed by atoms with Crippen LogP contribution in [-0.2, 0) is 0 Å². The standard InChI is InChI=1S/C12H16F2O.FH/c1-8(2)10-5-6-11(9(3)7-10)15-12(4,13)14;/h5-8H,1-4H3;1H. The second-order valence-electron chi connectivity index (χ2n) is 4.09. The van der Waals surface area contributed by atoms with E-state index in [-0.39, 0.29) is 10.5 Å². The molecular weight excluding hydrogens is 217 g/mol. The Morgan fingerprint density at radius 2 is 1.81 bits per heavy atom. The zero-order valence-electron chi connectivity index (χ0n) is 9.88. The third-order valence-corrected chi connectivity index (χ3v) is 2.15. The predicted molar refractivity (Wildman–Crippen MR) is 59.0 cm³/mol. The zero-order valence-corrected chi connectivity index (χ0v) is 9.88. The predicted octanol–water partition coefficient (Wildman–Crippen LogP) is 4.26. The number of benzene rings is 1. The van der Waals surface area contributed by atoms with Crippen LogP contribution >= 0.6 is 0 Å². The van der Waals surface area contributed by atoms with Crippen molar-refractivity contribution < 1.29 is 18.2 Å². The molecule has 1 nitrogen and oxygen atoms in total. The topological polar surface area (TPSA) is 9.23 Å². The van der Waals surface area contributed by atoms with Crippen LogP contribution in [0.15, 0.2) is 18.2 Å². The molecule has 0 N–H and O–H groups in total. The Labute approximate surface area is 93.8 Å². The highest BCUT2D eigenvalue weighted by Gasteiger charge is 2.23. The third kappa shape index (κ3) is 4.13. The van der Waals surface area contributed by atoms with E-state index in [2.05, 4.69) is 18.6 Å². The molecule has 0 aliphatic heterocycles. The lowest BCUT2D eigenvalue weighted by Gasteiger charge is -2.16. The average molecular weight is 234 g/mol. The molecule has 0 atom stereocenters. The summed E-state index contributed by atoms with van der Waals surface area (Å²) in [6, 6.07) is 5.30. The van der Waals surface area contributed by atoms with Crippen LogP contribution in [0.2, 0.25) is 0 Å². The molecule has 16 heavy (non-hydrogen) atoms. The van der Waals surface area contributed by atoms with Crippen LogP contribution in [0, 0.1) is 6.92 Å². The average Bonchev–Trinajstić information content (AvgIpc) is 2.05. The molecule has 0 saturated carbocycles. The van der Waals surface area contributed by atoms with Crippen LogP contribution in [0.25, 0.3) is 0 Å². The number of halogens is 3. The number of hydrogen-bond acceptors (Lipinski definition) is 1. The molecule has 0 radical (unpaired) electrons. The summed E-state index contributed by atoms with van der Waals surface area (Å²) in [5.74, 6) is 0.631. The van der Waals surface area contributed by atoms with Gasteiger partial charge < -0.3 is 4.74 Å². The summed E-state index contributed by atoms with van der Waals surface area (Å²) < 4.78 is 29.8. The second-order valence-corrected chi connectivity index (χ2v) is 4.09. The molecule has 0 aliphatic rings. The van der Waals surface area contributed by atoms with Crippen LogP contribution in [0.4, 0.5) is 13.5 Å². The smallest absolute Gasteiger partial charge is 0.394 e. The molecule has 4 heteroatoms. The minimum absolute atomic E-state index is 0. The lowest BCUT2D eigenvalue weighted by molar-refractivity contribution is -0.159. The summed E-state index contributed by atoms with van der Waals surface area (Å²) in [4.78, 5) is 0. The van der Waals surface area contributed by atoms with E-state index >= 15 is 0 Å². The lowest BCUT2D eigenvalue weighted by atomic mass is 10.0. The molecule has 0 aliphatic carbocycles. The van der Waals surface area contributed by atoms with Gasteiger partial charge in [-0.1, -0.05) is 26.0 Å². The fraction of sp³-hybridized carbons (Fsp3) is 0.500. The van der Waals surface area contributed by atoms with E-state index in [1.54, 1.807) is 13.0 Å². The maximum absolute atomic E-state index is 12.6. The van der Waals surface area contributed by atoms with Gasteiger partial charge in [-0.3, -0.25) is 4.70 Å². The molecule has 0 spiro atoms. The van der Waals surface area contributed by atoms with E-state index in [1.165, 1.54) is 0 Å². The van der Waals surface area contributed by atoms with Gasteiger partial charge in [-0.2, -0.15) is 8.78 Å². The molecule has 0 saturated heterocycles. The Bertz CT molecular complexity index is 343. The van der Waals surface area contributed by atoms with Crippen molar-refractivity contribution in [2.24, 2.45) is 0 Å². The largest absolute Gasteiger partial charge is 0.433 e. The van der Waals surface area contributed by atoms with Crippen molar-refractivity contribution in [1.29, 1.82) is 0 Å². The highest BCUT2D eigenvalue weighted by Crippen LogP contribution is 2.27. The number of ether oxygens (including phenoxy) is 1. The zero-order chi connectivity index (χ0) is 11.6. The van der Waals surface area contributed by atoms with Gasteiger partial charge in [0.05, 0.1) is 0 Å². The van der Waals surface area contributed by atoms with Gasteiger partial charge in [0.15, 0.2) is 0 Å². The number of alkyl halides is 2. The highest BCUT2D eigenvalue weighted by atomic mass is 19.3. The van der Waals surface area contributed by atoms with Crippen molar-refractivity contribution >= 4 is 0 Å². The van der Waals surface area contributed by atoms with E-state index in [0.717, 1.165) is 18.1 Å². The van der Waals surface area contributed by atoms with Crippen LogP contribution in [-0.4, -0.2) is 6.11 Å².